The Balaban J connectivity index is 0.00000312. The fraction of sp³-hybridized carbons (Fsp3) is 0.941. The fourth-order valence-electron chi connectivity index (χ4n) is 3.46. The summed E-state index contributed by atoms with van der Waals surface area (Å²) >= 11 is 0. The summed E-state index contributed by atoms with van der Waals surface area (Å²) < 4.78 is 28.3. The predicted molar refractivity (Wildman–Crippen MR) is 86.1 cm³/mol. The Bertz CT molecular complexity index is 384. The molecule has 1 radical (unpaired) electrons. The van der Waals surface area contributed by atoms with E-state index >= 15 is 0 Å². The first-order valence-electron chi connectivity index (χ1n) is 8.69. The zero-order chi connectivity index (χ0) is 17.9. The molecule has 2 saturated heterocycles. The van der Waals surface area contributed by atoms with Crippen molar-refractivity contribution < 1.29 is 66.6 Å². The van der Waals surface area contributed by atoms with Crippen molar-refractivity contribution in [3.05, 3.63) is 6.42 Å². The summed E-state index contributed by atoms with van der Waals surface area (Å²) in [7, 11) is 3.11. The summed E-state index contributed by atoms with van der Waals surface area (Å²) in [6.45, 7) is 5.79. The molecule has 25 heavy (non-hydrogen) atoms. The average molecular weight is 436 g/mol. The second-order valence-corrected chi connectivity index (χ2v) is 6.47. The van der Waals surface area contributed by atoms with Crippen LogP contribution in [0.15, 0.2) is 0 Å². The van der Waals surface area contributed by atoms with Gasteiger partial charge in [-0.05, 0) is 18.9 Å². The summed E-state index contributed by atoms with van der Waals surface area (Å²) in [5, 5.41) is 20.9. The van der Waals surface area contributed by atoms with Crippen molar-refractivity contribution in [3.8, 4) is 0 Å². The molecule has 0 aromatic rings. The van der Waals surface area contributed by atoms with Crippen LogP contribution in [0.1, 0.15) is 33.6 Å². The molecule has 0 aromatic carbocycles. The molecule has 7 nitrogen and oxygen atoms in total. The SMILES string of the molecule is CCC1OC(OC2C(CC)OC(OC)C(C)C2O)[CH-]C(O)C1OC.[Y]. The van der Waals surface area contributed by atoms with Gasteiger partial charge in [0.1, 0.15) is 6.10 Å². The number of hydrogen-bond donors (Lipinski definition) is 2. The van der Waals surface area contributed by atoms with Crippen LogP contribution < -0.4 is 0 Å². The smallest absolute Gasteiger partial charge is 0.162 e. The molecule has 145 valence electrons. The molecule has 2 aliphatic heterocycles. The van der Waals surface area contributed by atoms with E-state index in [0.29, 0.717) is 12.8 Å². The van der Waals surface area contributed by atoms with Crippen molar-refractivity contribution in [1.29, 1.82) is 0 Å². The van der Waals surface area contributed by atoms with Crippen LogP contribution in [0, 0.1) is 12.3 Å². The van der Waals surface area contributed by atoms with Gasteiger partial charge in [0.2, 0.25) is 0 Å². The second kappa shape index (κ2) is 11.0. The van der Waals surface area contributed by atoms with E-state index in [1.54, 1.807) is 20.6 Å². The molecule has 0 aliphatic carbocycles. The number of ether oxygens (including phenoxy) is 5. The van der Waals surface area contributed by atoms with Gasteiger partial charge >= 0.3 is 0 Å². The van der Waals surface area contributed by atoms with Crippen LogP contribution in [0.2, 0.25) is 0 Å². The van der Waals surface area contributed by atoms with Gasteiger partial charge in [-0.3, -0.25) is 0 Å². The van der Waals surface area contributed by atoms with Crippen LogP contribution in [-0.4, -0.2) is 73.6 Å². The van der Waals surface area contributed by atoms with Crippen molar-refractivity contribution in [2.45, 2.75) is 82.8 Å². The molecule has 0 saturated carbocycles. The third-order valence-electron chi connectivity index (χ3n) is 4.95. The van der Waals surface area contributed by atoms with Crippen molar-refractivity contribution in [1.82, 2.24) is 0 Å². The van der Waals surface area contributed by atoms with Crippen LogP contribution >= 0.6 is 0 Å². The summed E-state index contributed by atoms with van der Waals surface area (Å²) in [6, 6.07) is 0. The van der Waals surface area contributed by atoms with Gasteiger partial charge in [-0.2, -0.15) is 0 Å². The molecular formula is C17H31O7Y-. The third kappa shape index (κ3) is 5.42. The summed E-state index contributed by atoms with van der Waals surface area (Å²) in [5.74, 6) is -0.231. The number of aliphatic hydroxyl groups excluding tert-OH is 2. The van der Waals surface area contributed by atoms with Crippen molar-refractivity contribution in [2.75, 3.05) is 14.2 Å². The van der Waals surface area contributed by atoms with Gasteiger partial charge in [-0.1, -0.05) is 20.8 Å². The van der Waals surface area contributed by atoms with Gasteiger partial charge < -0.3 is 33.9 Å². The molecule has 9 atom stereocenters. The van der Waals surface area contributed by atoms with E-state index in [9.17, 15) is 10.2 Å². The first kappa shape index (κ1) is 23.9. The fourth-order valence-corrected chi connectivity index (χ4v) is 3.46. The maximum Gasteiger partial charge on any atom is 0.162 e. The van der Waals surface area contributed by atoms with Gasteiger partial charge in [0.15, 0.2) is 6.29 Å². The molecule has 0 amide bonds. The summed E-state index contributed by atoms with van der Waals surface area (Å²) in [6.07, 6.45) is -1.36. The van der Waals surface area contributed by atoms with E-state index in [0.717, 1.165) is 0 Å². The largest absolute Gasteiger partial charge is 0.422 e. The van der Waals surface area contributed by atoms with Gasteiger partial charge in [-0.25, -0.2) is 6.42 Å². The van der Waals surface area contributed by atoms with Crippen molar-refractivity contribution >= 4 is 0 Å². The Labute approximate surface area is 175 Å². The molecule has 2 fully saturated rings. The standard InChI is InChI=1S/C17H31O7.Y/c1-6-11-15(20-4)10(18)8-13(22-11)24-16-12(7-2)23-17(21-5)9(3)14(16)19;/h8-19H,6-7H2,1-5H3;/q-1;. The second-order valence-electron chi connectivity index (χ2n) is 6.47. The van der Waals surface area contributed by atoms with E-state index in [1.807, 2.05) is 20.8 Å². The third-order valence-corrected chi connectivity index (χ3v) is 4.95. The van der Waals surface area contributed by atoms with Gasteiger partial charge in [0, 0.05) is 59.1 Å². The van der Waals surface area contributed by atoms with E-state index in [4.69, 9.17) is 23.7 Å². The summed E-state index contributed by atoms with van der Waals surface area (Å²) in [4.78, 5) is 0. The molecule has 0 aromatic heterocycles. The van der Waals surface area contributed by atoms with E-state index in [1.165, 1.54) is 0 Å². The molecule has 0 spiro atoms. The van der Waals surface area contributed by atoms with E-state index < -0.39 is 37.0 Å². The zero-order valence-corrected chi connectivity index (χ0v) is 18.5. The summed E-state index contributed by atoms with van der Waals surface area (Å²) in [5.41, 5.74) is 0. The predicted octanol–water partition coefficient (Wildman–Crippen LogP) is 0.862. The normalized spacial score (nSPS) is 45.0. The Hall–Kier alpha value is 0.824. The van der Waals surface area contributed by atoms with Gasteiger partial charge in [-0.15, -0.1) is 0 Å². The first-order chi connectivity index (χ1) is 11.5. The molecule has 2 N–H and O–H groups in total. The maximum atomic E-state index is 10.6. The first-order valence-corrected chi connectivity index (χ1v) is 8.69. The minimum Gasteiger partial charge on any atom is -0.422 e. The van der Waals surface area contributed by atoms with Crippen LogP contribution in [0.3, 0.4) is 0 Å². The number of aliphatic hydroxyl groups is 2. The molecule has 8 heteroatoms. The quantitative estimate of drug-likeness (QED) is 0.598. The van der Waals surface area contributed by atoms with E-state index in [-0.39, 0.29) is 50.8 Å². The molecule has 2 aliphatic rings. The van der Waals surface area contributed by atoms with Crippen molar-refractivity contribution in [3.63, 3.8) is 0 Å². The van der Waals surface area contributed by atoms with Crippen LogP contribution in [-0.2, 0) is 56.4 Å². The maximum absolute atomic E-state index is 10.6. The monoisotopic (exact) mass is 436 g/mol. The molecule has 2 rings (SSSR count). The van der Waals surface area contributed by atoms with Crippen LogP contribution in [0.5, 0.6) is 0 Å². The minimum atomic E-state index is -0.787. The zero-order valence-electron chi connectivity index (χ0n) is 15.7. The van der Waals surface area contributed by atoms with Gasteiger partial charge in [0.25, 0.3) is 0 Å². The van der Waals surface area contributed by atoms with E-state index in [2.05, 4.69) is 0 Å². The van der Waals surface area contributed by atoms with Crippen LogP contribution in [0.4, 0.5) is 0 Å². The molecular weight excluding hydrogens is 405 g/mol. The Morgan fingerprint density at radius 3 is 2.08 bits per heavy atom. The van der Waals surface area contributed by atoms with Crippen LogP contribution in [0.25, 0.3) is 0 Å². The minimum absolute atomic E-state index is 0. The average Bonchev–Trinajstić information content (AvgIpc) is 2.58. The number of methoxy groups -OCH3 is 2. The Kier molecular flexibility index (Phi) is 10.5. The number of hydrogen-bond acceptors (Lipinski definition) is 7. The Morgan fingerprint density at radius 1 is 0.960 bits per heavy atom. The van der Waals surface area contributed by atoms with Gasteiger partial charge in [0.05, 0.1) is 24.4 Å². The topological polar surface area (TPSA) is 86.6 Å². The molecule has 0 bridgehead atoms. The molecule has 9 unspecified atom stereocenters. The Morgan fingerprint density at radius 2 is 1.56 bits per heavy atom. The van der Waals surface area contributed by atoms with Crippen molar-refractivity contribution in [2.24, 2.45) is 5.92 Å². The molecule has 2 heterocycles. The number of rotatable bonds is 6.